The number of ether oxygens (including phenoxy) is 2. The van der Waals surface area contributed by atoms with E-state index >= 15 is 0 Å². The van der Waals surface area contributed by atoms with Crippen molar-refractivity contribution in [3.63, 3.8) is 0 Å². The van der Waals surface area contributed by atoms with Crippen LogP contribution in [0.4, 0.5) is 0 Å². The van der Waals surface area contributed by atoms with E-state index < -0.39 is 0 Å². The molecule has 0 heterocycles. The van der Waals surface area contributed by atoms with Gasteiger partial charge in [0.2, 0.25) is 0 Å². The molecule has 1 aromatic rings. The molecule has 0 saturated heterocycles. The van der Waals surface area contributed by atoms with Gasteiger partial charge in [-0.2, -0.15) is 0 Å². The smallest absolute Gasteiger partial charge is 0.323 e. The second kappa shape index (κ2) is 8.39. The summed E-state index contributed by atoms with van der Waals surface area (Å²) in [6, 6.07) is 5.63. The summed E-state index contributed by atoms with van der Waals surface area (Å²) in [5.41, 5.74) is 1.08. The minimum Gasteiger partial charge on any atom is -0.496 e. The molecule has 0 amide bonds. The molecule has 0 aromatic heterocycles. The van der Waals surface area contributed by atoms with Crippen molar-refractivity contribution in [3.8, 4) is 5.75 Å². The van der Waals surface area contributed by atoms with Gasteiger partial charge in [0, 0.05) is 6.04 Å². The Kier molecular flexibility index (Phi) is 7.18. The van der Waals surface area contributed by atoms with Crippen molar-refractivity contribution in [2.45, 2.75) is 39.3 Å². The van der Waals surface area contributed by atoms with Gasteiger partial charge in [-0.05, 0) is 46.5 Å². The molecule has 1 N–H and O–H groups in total. The molecular formula is C16H24BrNO3. The van der Waals surface area contributed by atoms with E-state index in [1.165, 1.54) is 7.11 Å². The fourth-order valence-corrected chi connectivity index (χ4v) is 2.70. The Morgan fingerprint density at radius 3 is 2.48 bits per heavy atom. The Morgan fingerprint density at radius 1 is 1.33 bits per heavy atom. The van der Waals surface area contributed by atoms with Gasteiger partial charge in [0.25, 0.3) is 0 Å². The Balaban J connectivity index is 2.88. The quantitative estimate of drug-likeness (QED) is 0.755. The normalized spacial score (nSPS) is 15.1. The maximum absolute atomic E-state index is 11.9. The monoisotopic (exact) mass is 357 g/mol. The number of benzene rings is 1. The fraction of sp³-hybridized carbons (Fsp3) is 0.562. The second-order valence-corrected chi connectivity index (χ2v) is 6.02. The maximum Gasteiger partial charge on any atom is 0.323 e. The van der Waals surface area contributed by atoms with Crippen LogP contribution in [0.15, 0.2) is 22.7 Å². The summed E-state index contributed by atoms with van der Waals surface area (Å²) in [4.78, 5) is 11.9. The maximum atomic E-state index is 11.9. The van der Waals surface area contributed by atoms with Crippen LogP contribution in [0.1, 0.15) is 38.8 Å². The van der Waals surface area contributed by atoms with Crippen LogP contribution in [0.3, 0.4) is 0 Å². The predicted molar refractivity (Wildman–Crippen MR) is 87.5 cm³/mol. The molecule has 0 radical (unpaired) electrons. The van der Waals surface area contributed by atoms with Crippen molar-refractivity contribution in [3.05, 3.63) is 28.2 Å². The summed E-state index contributed by atoms with van der Waals surface area (Å²) in [5, 5.41) is 3.36. The largest absolute Gasteiger partial charge is 0.496 e. The average Bonchev–Trinajstić information content (AvgIpc) is 2.50. The highest BCUT2D eigenvalue weighted by Gasteiger charge is 2.26. The van der Waals surface area contributed by atoms with E-state index in [0.29, 0.717) is 0 Å². The minimum absolute atomic E-state index is 0.0327. The molecule has 3 atom stereocenters. The zero-order valence-corrected chi connectivity index (χ0v) is 14.9. The van der Waals surface area contributed by atoms with E-state index in [1.54, 1.807) is 7.11 Å². The SMILES string of the molecule is CCC(C)C(NC(C)c1ccc(OC)c(Br)c1)C(=O)OC. The number of hydrogen-bond donors (Lipinski definition) is 1. The van der Waals surface area contributed by atoms with Crippen molar-refractivity contribution in [1.82, 2.24) is 5.32 Å². The van der Waals surface area contributed by atoms with Crippen molar-refractivity contribution in [2.24, 2.45) is 5.92 Å². The van der Waals surface area contributed by atoms with Crippen molar-refractivity contribution < 1.29 is 14.3 Å². The first kappa shape index (κ1) is 18.0. The van der Waals surface area contributed by atoms with Gasteiger partial charge in [-0.25, -0.2) is 0 Å². The lowest BCUT2D eigenvalue weighted by Crippen LogP contribution is -2.43. The van der Waals surface area contributed by atoms with Gasteiger partial charge in [-0.3, -0.25) is 10.1 Å². The van der Waals surface area contributed by atoms with E-state index in [9.17, 15) is 4.79 Å². The number of hydrogen-bond acceptors (Lipinski definition) is 4. The third-order valence-corrected chi connectivity index (χ3v) is 4.39. The van der Waals surface area contributed by atoms with Crippen LogP contribution in [-0.4, -0.2) is 26.2 Å². The molecule has 0 spiro atoms. The second-order valence-electron chi connectivity index (χ2n) is 5.17. The molecular weight excluding hydrogens is 334 g/mol. The van der Waals surface area contributed by atoms with Crippen LogP contribution in [-0.2, 0) is 9.53 Å². The molecule has 1 aromatic carbocycles. The number of rotatable bonds is 7. The number of halogens is 1. The Morgan fingerprint density at radius 2 is 2.00 bits per heavy atom. The minimum atomic E-state index is -0.309. The average molecular weight is 358 g/mol. The molecule has 0 fully saturated rings. The van der Waals surface area contributed by atoms with E-state index in [-0.39, 0.29) is 24.0 Å². The molecule has 3 unspecified atom stereocenters. The molecule has 0 bridgehead atoms. The third kappa shape index (κ3) is 4.71. The summed E-state index contributed by atoms with van der Waals surface area (Å²) in [7, 11) is 3.06. The third-order valence-electron chi connectivity index (χ3n) is 3.77. The number of carbonyl (C=O) groups excluding carboxylic acids is 1. The summed E-state index contributed by atoms with van der Waals surface area (Å²) < 4.78 is 11.0. The number of carbonyl (C=O) groups is 1. The number of methoxy groups -OCH3 is 2. The Bertz CT molecular complexity index is 479. The van der Waals surface area contributed by atoms with Gasteiger partial charge in [-0.15, -0.1) is 0 Å². The molecule has 5 heteroatoms. The summed E-state index contributed by atoms with van der Waals surface area (Å²) in [6.45, 7) is 6.15. The lowest BCUT2D eigenvalue weighted by atomic mass is 9.97. The molecule has 0 saturated carbocycles. The zero-order valence-electron chi connectivity index (χ0n) is 13.3. The van der Waals surface area contributed by atoms with E-state index in [2.05, 4.69) is 28.2 Å². The van der Waals surface area contributed by atoms with Gasteiger partial charge in [-0.1, -0.05) is 26.3 Å². The molecule has 21 heavy (non-hydrogen) atoms. The standard InChI is InChI=1S/C16H24BrNO3/c1-6-10(2)15(16(19)21-5)18-11(3)12-7-8-14(20-4)13(17)9-12/h7-11,15,18H,6H2,1-5H3. The lowest BCUT2D eigenvalue weighted by molar-refractivity contribution is -0.144. The van der Waals surface area contributed by atoms with Crippen LogP contribution < -0.4 is 10.1 Å². The molecule has 118 valence electrons. The van der Waals surface area contributed by atoms with Crippen LogP contribution in [0.2, 0.25) is 0 Å². The van der Waals surface area contributed by atoms with Crippen molar-refractivity contribution >= 4 is 21.9 Å². The van der Waals surface area contributed by atoms with E-state index in [4.69, 9.17) is 9.47 Å². The molecule has 0 aliphatic rings. The molecule has 4 nitrogen and oxygen atoms in total. The van der Waals surface area contributed by atoms with Gasteiger partial charge >= 0.3 is 5.97 Å². The first-order chi connectivity index (χ1) is 9.94. The highest BCUT2D eigenvalue weighted by Crippen LogP contribution is 2.28. The van der Waals surface area contributed by atoms with Crippen LogP contribution in [0, 0.1) is 5.92 Å². The van der Waals surface area contributed by atoms with Gasteiger partial charge < -0.3 is 9.47 Å². The fourth-order valence-electron chi connectivity index (χ4n) is 2.14. The Labute approximate surface area is 135 Å². The predicted octanol–water partition coefficient (Wildman–Crippen LogP) is 3.70. The van der Waals surface area contributed by atoms with Crippen LogP contribution in [0.25, 0.3) is 0 Å². The van der Waals surface area contributed by atoms with E-state index in [1.807, 2.05) is 32.0 Å². The van der Waals surface area contributed by atoms with Crippen LogP contribution in [0.5, 0.6) is 5.75 Å². The highest BCUT2D eigenvalue weighted by atomic mass is 79.9. The molecule has 0 aliphatic heterocycles. The number of esters is 1. The van der Waals surface area contributed by atoms with Crippen molar-refractivity contribution in [1.29, 1.82) is 0 Å². The van der Waals surface area contributed by atoms with Gasteiger partial charge in [0.1, 0.15) is 11.8 Å². The van der Waals surface area contributed by atoms with E-state index in [0.717, 1.165) is 22.2 Å². The highest BCUT2D eigenvalue weighted by molar-refractivity contribution is 9.10. The van der Waals surface area contributed by atoms with Crippen LogP contribution >= 0.6 is 15.9 Å². The van der Waals surface area contributed by atoms with Crippen molar-refractivity contribution in [2.75, 3.05) is 14.2 Å². The number of nitrogens with one attached hydrogen (secondary N) is 1. The molecule has 0 aliphatic carbocycles. The summed E-state index contributed by atoms with van der Waals surface area (Å²) >= 11 is 3.48. The molecule has 1 rings (SSSR count). The first-order valence-corrected chi connectivity index (χ1v) is 7.91. The first-order valence-electron chi connectivity index (χ1n) is 7.11. The zero-order chi connectivity index (χ0) is 16.0. The summed E-state index contributed by atoms with van der Waals surface area (Å²) in [6.07, 6.45) is 0.909. The lowest BCUT2D eigenvalue weighted by Gasteiger charge is -2.26. The topological polar surface area (TPSA) is 47.6 Å². The van der Waals surface area contributed by atoms with Gasteiger partial charge in [0.15, 0.2) is 0 Å². The van der Waals surface area contributed by atoms with Gasteiger partial charge in [0.05, 0.1) is 18.7 Å². The Hall–Kier alpha value is -1.07. The summed E-state index contributed by atoms with van der Waals surface area (Å²) in [5.74, 6) is 0.780.